The lowest BCUT2D eigenvalue weighted by Crippen LogP contribution is -2.46. The van der Waals surface area contributed by atoms with Crippen molar-refractivity contribution in [3.63, 3.8) is 0 Å². The highest BCUT2D eigenvalue weighted by molar-refractivity contribution is 7.09. The monoisotopic (exact) mass is 293 g/mol. The first-order valence-electron chi connectivity index (χ1n) is 7.07. The Hall–Kier alpha value is -1.43. The van der Waals surface area contributed by atoms with Crippen LogP contribution in [0.1, 0.15) is 37.1 Å². The lowest BCUT2D eigenvalue weighted by Gasteiger charge is -2.29. The molecule has 20 heavy (non-hydrogen) atoms. The van der Waals surface area contributed by atoms with Gasteiger partial charge in [0.1, 0.15) is 5.01 Å². The predicted octanol–water partition coefficient (Wildman–Crippen LogP) is 1.51. The molecule has 3 rings (SSSR count). The van der Waals surface area contributed by atoms with Crippen molar-refractivity contribution in [1.29, 1.82) is 0 Å². The molecule has 2 aliphatic rings. The number of amides is 2. The molecule has 1 aliphatic heterocycles. The van der Waals surface area contributed by atoms with Crippen molar-refractivity contribution in [3.8, 4) is 0 Å². The fourth-order valence-corrected chi connectivity index (χ4v) is 4.06. The van der Waals surface area contributed by atoms with Crippen LogP contribution in [0.25, 0.3) is 0 Å². The van der Waals surface area contributed by atoms with Crippen molar-refractivity contribution in [2.45, 2.75) is 37.6 Å². The minimum Gasteiger partial charge on any atom is -0.345 e. The Balaban J connectivity index is 1.75. The Bertz CT molecular complexity index is 508. The van der Waals surface area contributed by atoms with E-state index in [2.05, 4.69) is 10.3 Å². The lowest BCUT2D eigenvalue weighted by atomic mass is 9.96. The van der Waals surface area contributed by atoms with Gasteiger partial charge in [0.05, 0.1) is 11.5 Å². The van der Waals surface area contributed by atoms with Crippen molar-refractivity contribution in [3.05, 3.63) is 16.6 Å². The first-order chi connectivity index (χ1) is 9.61. The number of rotatable bonds is 3. The van der Waals surface area contributed by atoms with Gasteiger partial charge < -0.3 is 10.2 Å². The summed E-state index contributed by atoms with van der Waals surface area (Å²) in [4.78, 5) is 30.1. The number of likely N-dealkylation sites (tertiary alicyclic amines) is 1. The van der Waals surface area contributed by atoms with Crippen LogP contribution in [-0.2, 0) is 15.1 Å². The highest BCUT2D eigenvalue weighted by atomic mass is 32.1. The lowest BCUT2D eigenvalue weighted by molar-refractivity contribution is -0.129. The number of hydrogen-bond acceptors (Lipinski definition) is 4. The smallest absolute Gasteiger partial charge is 0.226 e. The summed E-state index contributed by atoms with van der Waals surface area (Å²) in [5, 5.41) is 6.16. The molecule has 5 nitrogen and oxygen atoms in total. The number of aromatic nitrogens is 1. The van der Waals surface area contributed by atoms with E-state index in [1.165, 1.54) is 0 Å². The summed E-state index contributed by atoms with van der Waals surface area (Å²) in [7, 11) is 1.75. The molecule has 0 aromatic carbocycles. The maximum atomic E-state index is 12.5. The van der Waals surface area contributed by atoms with E-state index < -0.39 is 0 Å². The van der Waals surface area contributed by atoms with E-state index in [9.17, 15) is 9.59 Å². The quantitative estimate of drug-likeness (QED) is 0.919. The SMILES string of the molecule is CN1C[C@@H](C(=O)NC2(c3nccs3)CCCC2)CC1=O. The number of carbonyl (C=O) groups excluding carboxylic acids is 2. The molecular formula is C14H19N3O2S. The van der Waals surface area contributed by atoms with E-state index in [4.69, 9.17) is 0 Å². The summed E-state index contributed by atoms with van der Waals surface area (Å²) >= 11 is 1.60. The first kappa shape index (κ1) is 13.5. The molecule has 1 aromatic heterocycles. The second kappa shape index (κ2) is 5.16. The molecule has 2 amide bonds. The van der Waals surface area contributed by atoms with Crippen molar-refractivity contribution >= 4 is 23.2 Å². The van der Waals surface area contributed by atoms with Crippen LogP contribution in [0, 0.1) is 5.92 Å². The van der Waals surface area contributed by atoms with Crippen LogP contribution in [0.3, 0.4) is 0 Å². The van der Waals surface area contributed by atoms with Crippen LogP contribution in [0.4, 0.5) is 0 Å². The Labute approximate surface area is 122 Å². The highest BCUT2D eigenvalue weighted by Gasteiger charge is 2.42. The molecule has 1 atom stereocenters. The molecule has 1 aliphatic carbocycles. The largest absolute Gasteiger partial charge is 0.345 e. The Morgan fingerprint density at radius 2 is 2.25 bits per heavy atom. The van der Waals surface area contributed by atoms with Crippen LogP contribution >= 0.6 is 11.3 Å². The van der Waals surface area contributed by atoms with Crippen LogP contribution in [-0.4, -0.2) is 35.3 Å². The number of nitrogens with one attached hydrogen (secondary N) is 1. The van der Waals surface area contributed by atoms with Gasteiger partial charge in [0, 0.05) is 31.6 Å². The maximum Gasteiger partial charge on any atom is 0.226 e. The summed E-state index contributed by atoms with van der Waals surface area (Å²) < 4.78 is 0. The zero-order valence-corrected chi connectivity index (χ0v) is 12.4. The normalized spacial score (nSPS) is 25.1. The average Bonchev–Trinajstić information content (AvgIpc) is 3.12. The maximum absolute atomic E-state index is 12.5. The van der Waals surface area contributed by atoms with E-state index in [1.807, 2.05) is 5.38 Å². The predicted molar refractivity (Wildman–Crippen MR) is 76.1 cm³/mol. The molecule has 2 fully saturated rings. The molecule has 6 heteroatoms. The van der Waals surface area contributed by atoms with Crippen molar-refractivity contribution in [1.82, 2.24) is 15.2 Å². The van der Waals surface area contributed by atoms with Gasteiger partial charge in [0.25, 0.3) is 0 Å². The summed E-state index contributed by atoms with van der Waals surface area (Å²) in [5.41, 5.74) is -0.296. The molecule has 1 N–H and O–H groups in total. The molecule has 0 spiro atoms. The van der Waals surface area contributed by atoms with Gasteiger partial charge >= 0.3 is 0 Å². The minimum atomic E-state index is -0.296. The Morgan fingerprint density at radius 1 is 1.50 bits per heavy atom. The van der Waals surface area contributed by atoms with Gasteiger partial charge in [-0.3, -0.25) is 9.59 Å². The number of hydrogen-bond donors (Lipinski definition) is 1. The third-order valence-electron chi connectivity index (χ3n) is 4.37. The zero-order valence-electron chi connectivity index (χ0n) is 11.6. The van der Waals surface area contributed by atoms with Crippen LogP contribution < -0.4 is 5.32 Å². The van der Waals surface area contributed by atoms with Gasteiger partial charge in [-0.15, -0.1) is 11.3 Å². The van der Waals surface area contributed by atoms with Gasteiger partial charge in [-0.2, -0.15) is 0 Å². The molecule has 1 saturated heterocycles. The van der Waals surface area contributed by atoms with E-state index >= 15 is 0 Å². The summed E-state index contributed by atoms with van der Waals surface area (Å²) in [6.07, 6.45) is 6.24. The fraction of sp³-hybridized carbons (Fsp3) is 0.643. The molecular weight excluding hydrogens is 274 g/mol. The molecule has 108 valence electrons. The van der Waals surface area contributed by atoms with Gasteiger partial charge in [-0.05, 0) is 12.8 Å². The van der Waals surface area contributed by atoms with Crippen LogP contribution in [0.2, 0.25) is 0 Å². The molecule has 2 heterocycles. The topological polar surface area (TPSA) is 62.3 Å². The Morgan fingerprint density at radius 3 is 2.80 bits per heavy atom. The average molecular weight is 293 g/mol. The molecule has 1 saturated carbocycles. The number of thiazole rings is 1. The van der Waals surface area contributed by atoms with Gasteiger partial charge in [0.15, 0.2) is 0 Å². The highest BCUT2D eigenvalue weighted by Crippen LogP contribution is 2.40. The molecule has 0 radical (unpaired) electrons. The second-order valence-corrected chi connectivity index (χ2v) is 6.69. The first-order valence-corrected chi connectivity index (χ1v) is 7.95. The summed E-state index contributed by atoms with van der Waals surface area (Å²) in [5.74, 6) is -0.162. The zero-order chi connectivity index (χ0) is 14.2. The van der Waals surface area contributed by atoms with Crippen molar-refractivity contribution < 1.29 is 9.59 Å². The third kappa shape index (κ3) is 2.32. The third-order valence-corrected chi connectivity index (χ3v) is 5.35. The summed E-state index contributed by atoms with van der Waals surface area (Å²) in [6, 6.07) is 0. The molecule has 0 unspecified atom stereocenters. The van der Waals surface area contributed by atoms with Crippen molar-refractivity contribution in [2.75, 3.05) is 13.6 Å². The van der Waals surface area contributed by atoms with Gasteiger partial charge in [0.2, 0.25) is 11.8 Å². The summed E-state index contributed by atoms with van der Waals surface area (Å²) in [6.45, 7) is 0.526. The second-order valence-electron chi connectivity index (χ2n) is 5.79. The van der Waals surface area contributed by atoms with Crippen LogP contribution in [0.5, 0.6) is 0 Å². The minimum absolute atomic E-state index is 0.000185. The van der Waals surface area contributed by atoms with Crippen molar-refractivity contribution in [2.24, 2.45) is 5.92 Å². The molecule has 0 bridgehead atoms. The molecule has 1 aromatic rings. The Kier molecular flexibility index (Phi) is 3.50. The van der Waals surface area contributed by atoms with E-state index in [0.717, 1.165) is 30.7 Å². The number of nitrogens with zero attached hydrogens (tertiary/aromatic N) is 2. The van der Waals surface area contributed by atoms with E-state index in [0.29, 0.717) is 13.0 Å². The number of carbonyl (C=O) groups is 2. The van der Waals surface area contributed by atoms with Crippen LogP contribution in [0.15, 0.2) is 11.6 Å². The standard InChI is InChI=1S/C14H19N3O2S/c1-17-9-10(8-11(17)18)12(19)16-14(4-2-3-5-14)13-15-6-7-20-13/h6-7,10H,2-5,8-9H2,1H3,(H,16,19)/t10-/m0/s1. The van der Waals surface area contributed by atoms with E-state index in [-0.39, 0.29) is 23.3 Å². The van der Waals surface area contributed by atoms with E-state index in [1.54, 1.807) is 29.5 Å². The van der Waals surface area contributed by atoms with Gasteiger partial charge in [-0.1, -0.05) is 12.8 Å². The van der Waals surface area contributed by atoms with Gasteiger partial charge in [-0.25, -0.2) is 4.98 Å². The fourth-order valence-electron chi connectivity index (χ4n) is 3.21.